The van der Waals surface area contributed by atoms with Gasteiger partial charge in [-0.05, 0) is 43.0 Å². The van der Waals surface area contributed by atoms with Gasteiger partial charge in [0.25, 0.3) is 0 Å². The minimum Gasteiger partial charge on any atom is -0.264 e. The summed E-state index contributed by atoms with van der Waals surface area (Å²) in [5, 5.41) is 2.83. The van der Waals surface area contributed by atoms with Gasteiger partial charge >= 0.3 is 0 Å². The van der Waals surface area contributed by atoms with E-state index in [4.69, 9.17) is 0 Å². The molecule has 1 unspecified atom stereocenters. The van der Waals surface area contributed by atoms with E-state index in [0.717, 1.165) is 34.7 Å². The Morgan fingerprint density at radius 3 is 2.81 bits per heavy atom. The molecule has 2 aromatic heterocycles. The molecule has 1 saturated heterocycles. The Hall–Kier alpha value is -2.09. The van der Waals surface area contributed by atoms with Crippen LogP contribution in [0.3, 0.4) is 0 Å². The summed E-state index contributed by atoms with van der Waals surface area (Å²) >= 11 is 1.53. The van der Waals surface area contributed by atoms with E-state index >= 15 is 0 Å². The highest BCUT2D eigenvalue weighted by Crippen LogP contribution is 2.30. The Morgan fingerprint density at radius 1 is 1.19 bits per heavy atom. The van der Waals surface area contributed by atoms with Gasteiger partial charge in [-0.25, -0.2) is 13.4 Å². The van der Waals surface area contributed by atoms with E-state index in [1.165, 1.54) is 11.3 Å². The van der Waals surface area contributed by atoms with Crippen LogP contribution in [0.4, 0.5) is 0 Å². The van der Waals surface area contributed by atoms with E-state index in [1.807, 2.05) is 23.6 Å². The number of sulfonamides is 1. The average molecular weight is 400 g/mol. The van der Waals surface area contributed by atoms with Crippen LogP contribution in [0.1, 0.15) is 19.8 Å². The number of piperidine rings is 1. The summed E-state index contributed by atoms with van der Waals surface area (Å²) in [6.45, 7) is 3.29. The SMILES string of the molecule is CC1CCCN(S(=O)(=O)c2cccc(-c3csc(-c4cccnc4)n3)c2)C1. The van der Waals surface area contributed by atoms with E-state index in [9.17, 15) is 8.42 Å². The number of benzene rings is 1. The lowest BCUT2D eigenvalue weighted by atomic mass is 10.0. The van der Waals surface area contributed by atoms with Crippen molar-refractivity contribution in [3.63, 3.8) is 0 Å². The van der Waals surface area contributed by atoms with Crippen molar-refractivity contribution < 1.29 is 8.42 Å². The number of pyridine rings is 1. The Bertz CT molecular complexity index is 1030. The normalized spacial score (nSPS) is 18.5. The van der Waals surface area contributed by atoms with E-state index in [0.29, 0.717) is 23.9 Å². The predicted molar refractivity (Wildman–Crippen MR) is 108 cm³/mol. The molecule has 5 nitrogen and oxygen atoms in total. The van der Waals surface area contributed by atoms with E-state index < -0.39 is 10.0 Å². The summed E-state index contributed by atoms with van der Waals surface area (Å²) in [7, 11) is -3.47. The number of rotatable bonds is 4. The summed E-state index contributed by atoms with van der Waals surface area (Å²) in [6, 6.07) is 10.9. The van der Waals surface area contributed by atoms with Crippen molar-refractivity contribution in [2.45, 2.75) is 24.7 Å². The third-order valence-electron chi connectivity index (χ3n) is 4.80. The Labute approximate surface area is 163 Å². The van der Waals surface area contributed by atoms with Crippen LogP contribution >= 0.6 is 11.3 Å². The molecular weight excluding hydrogens is 378 g/mol. The second kappa shape index (κ2) is 7.50. The Morgan fingerprint density at radius 2 is 2.04 bits per heavy atom. The van der Waals surface area contributed by atoms with Crippen molar-refractivity contribution in [3.05, 3.63) is 54.2 Å². The van der Waals surface area contributed by atoms with Crippen molar-refractivity contribution in [2.24, 2.45) is 5.92 Å². The highest BCUT2D eigenvalue weighted by Gasteiger charge is 2.28. The fourth-order valence-electron chi connectivity index (χ4n) is 3.36. The van der Waals surface area contributed by atoms with Crippen molar-refractivity contribution in [2.75, 3.05) is 13.1 Å². The van der Waals surface area contributed by atoms with E-state index in [1.54, 1.807) is 34.9 Å². The van der Waals surface area contributed by atoms with Gasteiger partial charge in [-0.2, -0.15) is 4.31 Å². The first-order chi connectivity index (χ1) is 13.0. The Kier molecular flexibility index (Phi) is 5.08. The molecule has 1 atom stereocenters. The molecule has 3 heterocycles. The van der Waals surface area contributed by atoms with Gasteiger partial charge in [0, 0.05) is 42.0 Å². The van der Waals surface area contributed by atoms with Crippen LogP contribution in [-0.4, -0.2) is 35.8 Å². The molecule has 0 amide bonds. The van der Waals surface area contributed by atoms with Crippen LogP contribution in [-0.2, 0) is 10.0 Å². The highest BCUT2D eigenvalue weighted by atomic mass is 32.2. The zero-order chi connectivity index (χ0) is 18.9. The molecule has 3 aromatic rings. The van der Waals surface area contributed by atoms with Gasteiger partial charge in [0.2, 0.25) is 10.0 Å². The number of aromatic nitrogens is 2. The molecule has 4 rings (SSSR count). The van der Waals surface area contributed by atoms with Crippen LogP contribution < -0.4 is 0 Å². The molecule has 7 heteroatoms. The summed E-state index contributed by atoms with van der Waals surface area (Å²) in [6.07, 6.45) is 5.51. The number of thiazole rings is 1. The molecule has 0 bridgehead atoms. The van der Waals surface area contributed by atoms with Crippen LogP contribution in [0.5, 0.6) is 0 Å². The lowest BCUT2D eigenvalue weighted by molar-refractivity contribution is 0.281. The quantitative estimate of drug-likeness (QED) is 0.656. The maximum absolute atomic E-state index is 13.0. The second-order valence-corrected chi connectivity index (χ2v) is 9.71. The maximum atomic E-state index is 13.0. The van der Waals surface area contributed by atoms with Crippen molar-refractivity contribution in [1.29, 1.82) is 0 Å². The molecular formula is C20H21N3O2S2. The van der Waals surface area contributed by atoms with Gasteiger partial charge in [0.1, 0.15) is 5.01 Å². The van der Waals surface area contributed by atoms with Crippen molar-refractivity contribution in [1.82, 2.24) is 14.3 Å². The standard InChI is InChI=1S/C20H21N3O2S2/c1-15-5-4-10-23(13-15)27(24,25)18-8-2-6-16(11-18)19-14-26-20(22-19)17-7-3-9-21-12-17/h2-3,6-9,11-12,14-15H,4-5,10,13H2,1H3. The van der Waals surface area contributed by atoms with Crippen LogP contribution in [0.2, 0.25) is 0 Å². The zero-order valence-electron chi connectivity index (χ0n) is 15.1. The Balaban J connectivity index is 1.64. The minimum atomic E-state index is -3.47. The molecule has 0 N–H and O–H groups in total. The minimum absolute atomic E-state index is 0.338. The summed E-state index contributed by atoms with van der Waals surface area (Å²) < 4.78 is 27.7. The van der Waals surface area contributed by atoms with Crippen LogP contribution in [0, 0.1) is 5.92 Å². The molecule has 0 spiro atoms. The molecule has 0 saturated carbocycles. The number of hydrogen-bond acceptors (Lipinski definition) is 5. The van der Waals surface area contributed by atoms with E-state index in [-0.39, 0.29) is 0 Å². The first kappa shape index (κ1) is 18.3. The molecule has 1 fully saturated rings. The van der Waals surface area contributed by atoms with Crippen molar-refractivity contribution in [3.8, 4) is 21.8 Å². The number of nitrogens with zero attached hydrogens (tertiary/aromatic N) is 3. The molecule has 140 valence electrons. The number of hydrogen-bond donors (Lipinski definition) is 0. The fraction of sp³-hybridized carbons (Fsp3) is 0.300. The monoisotopic (exact) mass is 399 g/mol. The second-order valence-electron chi connectivity index (χ2n) is 6.92. The maximum Gasteiger partial charge on any atom is 0.243 e. The smallest absolute Gasteiger partial charge is 0.243 e. The van der Waals surface area contributed by atoms with Gasteiger partial charge in [-0.15, -0.1) is 11.3 Å². The third kappa shape index (κ3) is 3.81. The summed E-state index contributed by atoms with van der Waals surface area (Å²) in [5.41, 5.74) is 2.55. The third-order valence-corrected chi connectivity index (χ3v) is 7.55. The fourth-order valence-corrected chi connectivity index (χ4v) is 5.82. The van der Waals surface area contributed by atoms with Crippen LogP contribution in [0.15, 0.2) is 59.1 Å². The molecule has 0 radical (unpaired) electrons. The van der Waals surface area contributed by atoms with Crippen LogP contribution in [0.25, 0.3) is 21.8 Å². The topological polar surface area (TPSA) is 63.2 Å². The van der Waals surface area contributed by atoms with Gasteiger partial charge in [0.15, 0.2) is 0 Å². The molecule has 1 aliphatic heterocycles. The van der Waals surface area contributed by atoms with Gasteiger partial charge < -0.3 is 0 Å². The average Bonchev–Trinajstić information content (AvgIpc) is 3.19. The van der Waals surface area contributed by atoms with Crippen molar-refractivity contribution >= 4 is 21.4 Å². The first-order valence-corrected chi connectivity index (χ1v) is 11.3. The zero-order valence-corrected chi connectivity index (χ0v) is 16.7. The molecule has 27 heavy (non-hydrogen) atoms. The van der Waals surface area contributed by atoms with Gasteiger partial charge in [-0.1, -0.05) is 19.1 Å². The summed E-state index contributed by atoms with van der Waals surface area (Å²) in [4.78, 5) is 9.14. The predicted octanol–water partition coefficient (Wildman–Crippen LogP) is 4.29. The lowest BCUT2D eigenvalue weighted by Gasteiger charge is -2.30. The highest BCUT2D eigenvalue weighted by molar-refractivity contribution is 7.89. The lowest BCUT2D eigenvalue weighted by Crippen LogP contribution is -2.39. The molecule has 0 aliphatic carbocycles. The largest absolute Gasteiger partial charge is 0.264 e. The molecule has 1 aromatic carbocycles. The molecule has 1 aliphatic rings. The first-order valence-electron chi connectivity index (χ1n) is 9.00. The van der Waals surface area contributed by atoms with Gasteiger partial charge in [-0.3, -0.25) is 4.98 Å². The van der Waals surface area contributed by atoms with E-state index in [2.05, 4.69) is 16.9 Å². The summed E-state index contributed by atoms with van der Waals surface area (Å²) in [5.74, 6) is 0.400. The van der Waals surface area contributed by atoms with Gasteiger partial charge in [0.05, 0.1) is 10.6 Å².